The van der Waals surface area contributed by atoms with Crippen LogP contribution in [0.2, 0.25) is 0 Å². The molecule has 1 aromatic heterocycles. The van der Waals surface area contributed by atoms with Crippen LogP contribution < -0.4 is 11.1 Å². The van der Waals surface area contributed by atoms with Crippen LogP contribution in [0, 0.1) is 0 Å². The minimum absolute atomic E-state index is 0.231. The SMILES string of the molecule is Nc1cnc(Nc2ccc(O)cc2)c(Br)c1. The number of nitrogens with zero attached hydrogens (tertiary/aromatic N) is 1. The molecule has 4 nitrogen and oxygen atoms in total. The molecule has 2 rings (SSSR count). The zero-order valence-electron chi connectivity index (χ0n) is 8.31. The van der Waals surface area contributed by atoms with Gasteiger partial charge in [0.15, 0.2) is 0 Å². The molecule has 82 valence electrons. The smallest absolute Gasteiger partial charge is 0.144 e. The van der Waals surface area contributed by atoms with Crippen LogP contribution in [0.15, 0.2) is 41.0 Å². The molecule has 0 radical (unpaired) electrons. The maximum absolute atomic E-state index is 9.14. The fraction of sp³-hybridized carbons (Fsp3) is 0. The standard InChI is InChI=1S/C11H10BrN3O/c12-10-5-7(13)6-14-11(10)15-8-1-3-9(16)4-2-8/h1-6,16H,13H2,(H,14,15). The van der Waals surface area contributed by atoms with E-state index in [9.17, 15) is 0 Å². The average molecular weight is 280 g/mol. The largest absolute Gasteiger partial charge is 0.508 e. The summed E-state index contributed by atoms with van der Waals surface area (Å²) in [5.41, 5.74) is 7.03. The number of phenolic OH excluding ortho intramolecular Hbond substituents is 1. The van der Waals surface area contributed by atoms with Gasteiger partial charge in [-0.1, -0.05) is 0 Å². The van der Waals surface area contributed by atoms with Crippen LogP contribution in [-0.4, -0.2) is 10.1 Å². The quantitative estimate of drug-likeness (QED) is 0.740. The monoisotopic (exact) mass is 279 g/mol. The Bertz CT molecular complexity index is 499. The molecular formula is C11H10BrN3O. The van der Waals surface area contributed by atoms with Crippen LogP contribution in [-0.2, 0) is 0 Å². The zero-order valence-corrected chi connectivity index (χ0v) is 9.90. The fourth-order valence-electron chi connectivity index (χ4n) is 1.23. The lowest BCUT2D eigenvalue weighted by Crippen LogP contribution is -1.96. The number of pyridine rings is 1. The van der Waals surface area contributed by atoms with E-state index in [4.69, 9.17) is 10.8 Å². The molecule has 0 saturated carbocycles. The molecule has 1 heterocycles. The normalized spacial score (nSPS) is 10.1. The number of nitrogen functional groups attached to an aromatic ring is 1. The highest BCUT2D eigenvalue weighted by atomic mass is 79.9. The van der Waals surface area contributed by atoms with E-state index in [1.54, 1.807) is 36.5 Å². The van der Waals surface area contributed by atoms with Crippen LogP contribution in [0.4, 0.5) is 17.2 Å². The third-order valence-electron chi connectivity index (χ3n) is 1.99. The molecule has 0 atom stereocenters. The number of nitrogens with two attached hydrogens (primary N) is 1. The maximum atomic E-state index is 9.14. The Morgan fingerprint density at radius 2 is 1.94 bits per heavy atom. The summed E-state index contributed by atoms with van der Waals surface area (Å²) < 4.78 is 0.792. The van der Waals surface area contributed by atoms with Crippen molar-refractivity contribution in [3.8, 4) is 5.75 Å². The van der Waals surface area contributed by atoms with Crippen molar-refractivity contribution in [3.05, 3.63) is 41.0 Å². The second kappa shape index (κ2) is 4.40. The second-order valence-electron chi connectivity index (χ2n) is 3.27. The first-order valence-electron chi connectivity index (χ1n) is 4.62. The number of aromatic hydroxyl groups is 1. The molecule has 0 aliphatic heterocycles. The molecule has 0 bridgehead atoms. The summed E-state index contributed by atoms with van der Waals surface area (Å²) >= 11 is 3.36. The number of anilines is 3. The number of rotatable bonds is 2. The van der Waals surface area contributed by atoms with Gasteiger partial charge in [-0.3, -0.25) is 0 Å². The lowest BCUT2D eigenvalue weighted by atomic mass is 10.3. The summed E-state index contributed by atoms with van der Waals surface area (Å²) in [5, 5.41) is 12.2. The summed E-state index contributed by atoms with van der Waals surface area (Å²) in [6, 6.07) is 8.51. The van der Waals surface area contributed by atoms with Crippen molar-refractivity contribution in [2.45, 2.75) is 0 Å². The van der Waals surface area contributed by atoms with Gasteiger partial charge < -0.3 is 16.2 Å². The van der Waals surface area contributed by atoms with Gasteiger partial charge in [-0.2, -0.15) is 0 Å². The third-order valence-corrected chi connectivity index (χ3v) is 2.60. The minimum atomic E-state index is 0.231. The first-order valence-corrected chi connectivity index (χ1v) is 5.41. The highest BCUT2D eigenvalue weighted by molar-refractivity contribution is 9.10. The van der Waals surface area contributed by atoms with Gasteiger partial charge in [0.05, 0.1) is 16.4 Å². The highest BCUT2D eigenvalue weighted by Gasteiger charge is 2.02. The van der Waals surface area contributed by atoms with E-state index in [1.165, 1.54) is 0 Å². The fourth-order valence-corrected chi connectivity index (χ4v) is 1.69. The van der Waals surface area contributed by atoms with Gasteiger partial charge in [0.1, 0.15) is 11.6 Å². The maximum Gasteiger partial charge on any atom is 0.144 e. The first-order chi connectivity index (χ1) is 7.65. The zero-order chi connectivity index (χ0) is 11.5. The molecule has 0 spiro atoms. The Morgan fingerprint density at radius 3 is 2.56 bits per heavy atom. The lowest BCUT2D eigenvalue weighted by molar-refractivity contribution is 0.475. The number of phenols is 1. The van der Waals surface area contributed by atoms with E-state index in [2.05, 4.69) is 26.2 Å². The van der Waals surface area contributed by atoms with Crippen LogP contribution in [0.3, 0.4) is 0 Å². The van der Waals surface area contributed by atoms with Crippen molar-refractivity contribution >= 4 is 33.1 Å². The van der Waals surface area contributed by atoms with Gasteiger partial charge in [0.2, 0.25) is 0 Å². The minimum Gasteiger partial charge on any atom is -0.508 e. The summed E-state index contributed by atoms with van der Waals surface area (Å²) in [5.74, 6) is 0.912. The Kier molecular flexibility index (Phi) is 2.96. The van der Waals surface area contributed by atoms with Gasteiger partial charge in [-0.25, -0.2) is 4.98 Å². The molecule has 0 aliphatic carbocycles. The van der Waals surface area contributed by atoms with Crippen molar-refractivity contribution in [1.82, 2.24) is 4.98 Å². The molecule has 0 aliphatic rings. The molecule has 0 saturated heterocycles. The molecule has 2 aromatic rings. The lowest BCUT2D eigenvalue weighted by Gasteiger charge is -2.07. The van der Waals surface area contributed by atoms with Gasteiger partial charge in [0.25, 0.3) is 0 Å². The molecular weight excluding hydrogens is 270 g/mol. The second-order valence-corrected chi connectivity index (χ2v) is 4.13. The molecule has 4 N–H and O–H groups in total. The van der Waals surface area contributed by atoms with Crippen LogP contribution in [0.5, 0.6) is 5.75 Å². The topological polar surface area (TPSA) is 71.2 Å². The van der Waals surface area contributed by atoms with Gasteiger partial charge in [-0.05, 0) is 46.3 Å². The van der Waals surface area contributed by atoms with Crippen molar-refractivity contribution in [3.63, 3.8) is 0 Å². The van der Waals surface area contributed by atoms with Crippen molar-refractivity contribution in [2.75, 3.05) is 11.1 Å². The molecule has 1 aromatic carbocycles. The van der Waals surface area contributed by atoms with E-state index in [1.807, 2.05) is 0 Å². The van der Waals surface area contributed by atoms with Crippen LogP contribution in [0.25, 0.3) is 0 Å². The number of nitrogens with one attached hydrogen (secondary N) is 1. The summed E-state index contributed by atoms with van der Waals surface area (Å²) in [6.45, 7) is 0. The molecule has 0 amide bonds. The van der Waals surface area contributed by atoms with Crippen molar-refractivity contribution in [1.29, 1.82) is 0 Å². The number of halogens is 1. The van der Waals surface area contributed by atoms with Crippen LogP contribution in [0.1, 0.15) is 0 Å². The summed E-state index contributed by atoms with van der Waals surface area (Å²) in [4.78, 5) is 4.15. The van der Waals surface area contributed by atoms with E-state index >= 15 is 0 Å². The average Bonchev–Trinajstić information content (AvgIpc) is 2.25. The summed E-state index contributed by atoms with van der Waals surface area (Å²) in [7, 11) is 0. The Labute approximate surface area is 101 Å². The van der Waals surface area contributed by atoms with E-state index in [0.717, 1.165) is 10.2 Å². The molecule has 5 heteroatoms. The predicted molar refractivity (Wildman–Crippen MR) is 67.7 cm³/mol. The predicted octanol–water partition coefficient (Wildman–Crippen LogP) is 2.88. The molecule has 0 fully saturated rings. The van der Waals surface area contributed by atoms with Gasteiger partial charge >= 0.3 is 0 Å². The number of aromatic nitrogens is 1. The number of hydrogen-bond donors (Lipinski definition) is 3. The molecule has 0 unspecified atom stereocenters. The van der Waals surface area contributed by atoms with Gasteiger partial charge in [-0.15, -0.1) is 0 Å². The van der Waals surface area contributed by atoms with Gasteiger partial charge in [0, 0.05) is 5.69 Å². The number of hydrogen-bond acceptors (Lipinski definition) is 4. The Hall–Kier alpha value is -1.75. The molecule has 16 heavy (non-hydrogen) atoms. The number of benzene rings is 1. The third kappa shape index (κ3) is 2.43. The van der Waals surface area contributed by atoms with Crippen LogP contribution >= 0.6 is 15.9 Å². The van der Waals surface area contributed by atoms with E-state index in [0.29, 0.717) is 11.5 Å². The van der Waals surface area contributed by atoms with Crippen molar-refractivity contribution < 1.29 is 5.11 Å². The van der Waals surface area contributed by atoms with Crippen molar-refractivity contribution in [2.24, 2.45) is 0 Å². The Balaban J connectivity index is 2.23. The summed E-state index contributed by atoms with van der Waals surface area (Å²) in [6.07, 6.45) is 1.58. The first kappa shape index (κ1) is 10.8. The Morgan fingerprint density at radius 1 is 1.25 bits per heavy atom. The van der Waals surface area contributed by atoms with E-state index in [-0.39, 0.29) is 5.75 Å². The highest BCUT2D eigenvalue weighted by Crippen LogP contribution is 2.25. The van der Waals surface area contributed by atoms with E-state index < -0.39 is 0 Å².